The normalized spacial score (nSPS) is 11.2. The van der Waals surface area contributed by atoms with E-state index in [0.29, 0.717) is 18.6 Å². The molecular weight excluding hydrogens is 346 g/mol. The van der Waals surface area contributed by atoms with E-state index in [1.807, 2.05) is 30.3 Å². The Morgan fingerprint density at radius 3 is 2.44 bits per heavy atom. The van der Waals surface area contributed by atoms with Crippen LogP contribution in [0.3, 0.4) is 0 Å². The molecule has 2 aromatic carbocycles. The Labute approximate surface area is 152 Å². The molecule has 0 unspecified atom stereocenters. The summed E-state index contributed by atoms with van der Waals surface area (Å²) < 4.78 is 10.6. The average molecular weight is 368 g/mol. The summed E-state index contributed by atoms with van der Waals surface area (Å²) in [5.41, 5.74) is 6.43. The van der Waals surface area contributed by atoms with Crippen molar-refractivity contribution in [1.82, 2.24) is 0 Å². The Balaban J connectivity index is 0.00000312. The fraction of sp³-hybridized carbons (Fsp3) is 0.278. The highest BCUT2D eigenvalue weighted by molar-refractivity contribution is 5.85. The molecule has 0 aromatic heterocycles. The zero-order valence-corrected chi connectivity index (χ0v) is 14.4. The lowest BCUT2D eigenvalue weighted by atomic mass is 10.1. The fourth-order valence-corrected chi connectivity index (χ4v) is 2.08. The minimum absolute atomic E-state index is 0. The molecule has 0 aliphatic carbocycles. The van der Waals surface area contributed by atoms with E-state index < -0.39 is 12.0 Å². The second-order valence-corrected chi connectivity index (χ2v) is 5.32. The summed E-state index contributed by atoms with van der Waals surface area (Å²) in [5, 5.41) is 18.7. The zero-order valence-electron chi connectivity index (χ0n) is 13.6. The SMILES string of the molecule is Cl.N[C@@H](Cc1ccc(O)c(O)c1)C(=O)OCCCOc1ccccc1. The van der Waals surface area contributed by atoms with Gasteiger partial charge in [-0.3, -0.25) is 4.79 Å². The van der Waals surface area contributed by atoms with Crippen molar-refractivity contribution in [2.24, 2.45) is 5.73 Å². The second-order valence-electron chi connectivity index (χ2n) is 5.32. The van der Waals surface area contributed by atoms with E-state index in [1.54, 1.807) is 6.07 Å². The number of rotatable bonds is 8. The number of carbonyl (C=O) groups excluding carboxylic acids is 1. The van der Waals surface area contributed by atoms with Gasteiger partial charge in [0, 0.05) is 6.42 Å². The van der Waals surface area contributed by atoms with E-state index in [-0.39, 0.29) is 36.9 Å². The second kappa shape index (κ2) is 10.4. The van der Waals surface area contributed by atoms with Crippen LogP contribution >= 0.6 is 12.4 Å². The lowest BCUT2D eigenvalue weighted by Crippen LogP contribution is -2.34. The van der Waals surface area contributed by atoms with Gasteiger partial charge in [0.05, 0.1) is 13.2 Å². The molecule has 0 heterocycles. The van der Waals surface area contributed by atoms with Crippen molar-refractivity contribution in [3.63, 3.8) is 0 Å². The topological polar surface area (TPSA) is 102 Å². The average Bonchev–Trinajstić information content (AvgIpc) is 2.58. The van der Waals surface area contributed by atoms with Crippen LogP contribution in [0.5, 0.6) is 17.2 Å². The molecular formula is C18H22ClNO5. The molecule has 2 rings (SSSR count). The molecule has 0 bridgehead atoms. The van der Waals surface area contributed by atoms with Gasteiger partial charge in [0.25, 0.3) is 0 Å². The van der Waals surface area contributed by atoms with Crippen LogP contribution in [0.15, 0.2) is 48.5 Å². The molecule has 0 saturated heterocycles. The first-order chi connectivity index (χ1) is 11.6. The van der Waals surface area contributed by atoms with Gasteiger partial charge in [-0.15, -0.1) is 12.4 Å². The van der Waals surface area contributed by atoms with Crippen LogP contribution in [0.2, 0.25) is 0 Å². The van der Waals surface area contributed by atoms with Crippen molar-refractivity contribution in [3.05, 3.63) is 54.1 Å². The van der Waals surface area contributed by atoms with Gasteiger partial charge in [-0.2, -0.15) is 0 Å². The summed E-state index contributed by atoms with van der Waals surface area (Å²) in [4.78, 5) is 11.8. The lowest BCUT2D eigenvalue weighted by Gasteiger charge is -2.12. The third-order valence-corrected chi connectivity index (χ3v) is 3.34. The van der Waals surface area contributed by atoms with Crippen molar-refractivity contribution in [1.29, 1.82) is 0 Å². The van der Waals surface area contributed by atoms with Crippen LogP contribution in [-0.4, -0.2) is 35.4 Å². The van der Waals surface area contributed by atoms with E-state index in [4.69, 9.17) is 15.2 Å². The van der Waals surface area contributed by atoms with E-state index in [9.17, 15) is 15.0 Å². The minimum atomic E-state index is -0.830. The molecule has 0 spiro atoms. The van der Waals surface area contributed by atoms with Gasteiger partial charge >= 0.3 is 5.97 Å². The molecule has 0 aliphatic rings. The molecule has 4 N–H and O–H groups in total. The third kappa shape index (κ3) is 6.91. The number of phenolic OH excluding ortho intramolecular Hbond substituents is 2. The number of phenols is 2. The number of carbonyl (C=O) groups is 1. The lowest BCUT2D eigenvalue weighted by molar-refractivity contribution is -0.145. The molecule has 0 radical (unpaired) electrons. The molecule has 25 heavy (non-hydrogen) atoms. The predicted molar refractivity (Wildman–Crippen MR) is 96.2 cm³/mol. The number of halogens is 1. The van der Waals surface area contributed by atoms with E-state index in [2.05, 4.69) is 0 Å². The Morgan fingerprint density at radius 1 is 1.04 bits per heavy atom. The smallest absolute Gasteiger partial charge is 0.323 e. The number of esters is 1. The maximum atomic E-state index is 11.8. The summed E-state index contributed by atoms with van der Waals surface area (Å²) in [5.74, 6) is -0.200. The van der Waals surface area contributed by atoms with Crippen molar-refractivity contribution in [2.45, 2.75) is 18.9 Å². The van der Waals surface area contributed by atoms with E-state index >= 15 is 0 Å². The van der Waals surface area contributed by atoms with Gasteiger partial charge in [0.15, 0.2) is 11.5 Å². The monoisotopic (exact) mass is 367 g/mol. The first kappa shape index (κ1) is 20.6. The van der Waals surface area contributed by atoms with Crippen molar-refractivity contribution in [2.75, 3.05) is 13.2 Å². The van der Waals surface area contributed by atoms with Gasteiger partial charge < -0.3 is 25.4 Å². The van der Waals surface area contributed by atoms with E-state index in [0.717, 1.165) is 5.75 Å². The standard InChI is InChI=1S/C18H21NO5.ClH/c19-15(11-13-7-8-16(20)17(21)12-13)18(22)24-10-4-9-23-14-5-2-1-3-6-14;/h1-3,5-8,12,15,20-21H,4,9-11,19H2;1H/t15-;/m0./s1. The summed E-state index contributed by atoms with van der Waals surface area (Å²) in [6.45, 7) is 0.665. The molecule has 0 saturated carbocycles. The molecule has 0 amide bonds. The van der Waals surface area contributed by atoms with Gasteiger partial charge in [-0.05, 0) is 36.2 Å². The number of benzene rings is 2. The summed E-state index contributed by atoms with van der Waals surface area (Å²) in [6, 6.07) is 12.9. The molecule has 0 aliphatic heterocycles. The molecule has 7 heteroatoms. The first-order valence-corrected chi connectivity index (χ1v) is 7.67. The highest BCUT2D eigenvalue weighted by Gasteiger charge is 2.16. The van der Waals surface area contributed by atoms with Crippen LogP contribution in [0, 0.1) is 0 Å². The number of ether oxygens (including phenoxy) is 2. The summed E-state index contributed by atoms with van der Waals surface area (Å²) in [7, 11) is 0. The van der Waals surface area contributed by atoms with Gasteiger partial charge in [-0.25, -0.2) is 0 Å². The van der Waals surface area contributed by atoms with Gasteiger partial charge in [0.1, 0.15) is 11.8 Å². The maximum absolute atomic E-state index is 11.8. The highest BCUT2D eigenvalue weighted by atomic mass is 35.5. The maximum Gasteiger partial charge on any atom is 0.323 e. The van der Waals surface area contributed by atoms with E-state index in [1.165, 1.54) is 12.1 Å². The molecule has 6 nitrogen and oxygen atoms in total. The van der Waals surface area contributed by atoms with Crippen LogP contribution < -0.4 is 10.5 Å². The van der Waals surface area contributed by atoms with Crippen LogP contribution in [-0.2, 0) is 16.0 Å². The number of nitrogens with two attached hydrogens (primary N) is 1. The van der Waals surface area contributed by atoms with Gasteiger partial charge in [-0.1, -0.05) is 24.3 Å². The highest BCUT2D eigenvalue weighted by Crippen LogP contribution is 2.25. The zero-order chi connectivity index (χ0) is 17.4. The van der Waals surface area contributed by atoms with Crippen molar-refractivity contribution in [3.8, 4) is 17.2 Å². The van der Waals surface area contributed by atoms with Gasteiger partial charge in [0.2, 0.25) is 0 Å². The van der Waals surface area contributed by atoms with Crippen molar-refractivity contribution < 1.29 is 24.5 Å². The Morgan fingerprint density at radius 2 is 1.76 bits per heavy atom. The third-order valence-electron chi connectivity index (χ3n) is 3.34. The Kier molecular flexibility index (Phi) is 8.60. The predicted octanol–water partition coefficient (Wildman–Crippen LogP) is 2.40. The minimum Gasteiger partial charge on any atom is -0.504 e. The molecule has 2 aromatic rings. The van der Waals surface area contributed by atoms with Crippen LogP contribution in [0.1, 0.15) is 12.0 Å². The quantitative estimate of drug-likeness (QED) is 0.376. The summed E-state index contributed by atoms with van der Waals surface area (Å²) in [6.07, 6.45) is 0.778. The first-order valence-electron chi connectivity index (χ1n) is 7.67. The molecule has 0 fully saturated rings. The number of hydrogen-bond acceptors (Lipinski definition) is 6. The Bertz CT molecular complexity index is 666. The molecule has 1 atom stereocenters. The number of aromatic hydroxyl groups is 2. The Hall–Kier alpha value is -2.44. The number of para-hydroxylation sites is 1. The van der Waals surface area contributed by atoms with Crippen molar-refractivity contribution >= 4 is 18.4 Å². The fourth-order valence-electron chi connectivity index (χ4n) is 2.08. The number of hydrogen-bond donors (Lipinski definition) is 3. The molecule has 136 valence electrons. The van der Waals surface area contributed by atoms with Crippen LogP contribution in [0.25, 0.3) is 0 Å². The summed E-state index contributed by atoms with van der Waals surface area (Å²) >= 11 is 0. The van der Waals surface area contributed by atoms with Crippen LogP contribution in [0.4, 0.5) is 0 Å². The largest absolute Gasteiger partial charge is 0.504 e.